The predicted octanol–water partition coefficient (Wildman–Crippen LogP) is 5.31. The van der Waals surface area contributed by atoms with Gasteiger partial charge in [0.25, 0.3) is 0 Å². The number of rotatable bonds is 5. The molecule has 0 unspecified atom stereocenters. The summed E-state index contributed by atoms with van der Waals surface area (Å²) in [5, 5.41) is -0.811. The summed E-state index contributed by atoms with van der Waals surface area (Å²) in [6.45, 7) is 4.27. The van der Waals surface area contributed by atoms with Crippen LogP contribution >= 0.6 is 11.6 Å². The van der Waals surface area contributed by atoms with Crippen molar-refractivity contribution in [2.24, 2.45) is 0 Å². The Kier molecular flexibility index (Phi) is 6.37. The highest BCUT2D eigenvalue weighted by Gasteiger charge is 2.39. The molecule has 2 aromatic carbocycles. The molecule has 0 saturated carbocycles. The van der Waals surface area contributed by atoms with Crippen LogP contribution in [0.15, 0.2) is 59.6 Å². The molecule has 1 N–H and O–H groups in total. The highest BCUT2D eigenvalue weighted by molar-refractivity contribution is 7.91. The second-order valence-electron chi connectivity index (χ2n) is 7.99. The first kappa shape index (κ1) is 23.5. The zero-order chi connectivity index (χ0) is 23.8. The Bertz CT molecular complexity index is 1240. The van der Waals surface area contributed by atoms with Gasteiger partial charge in [-0.1, -0.05) is 54.1 Å². The van der Waals surface area contributed by atoms with Crippen molar-refractivity contribution in [3.8, 4) is 11.1 Å². The maximum atomic E-state index is 13.0. The molecule has 4 rings (SSSR count). The number of piperazine rings is 1. The number of para-hydroxylation sites is 1. The van der Waals surface area contributed by atoms with E-state index in [0.29, 0.717) is 43.1 Å². The van der Waals surface area contributed by atoms with Crippen LogP contribution in [0.2, 0.25) is 5.02 Å². The third kappa shape index (κ3) is 4.99. The Labute approximate surface area is 195 Å². The number of anilines is 2. The lowest BCUT2D eigenvalue weighted by atomic mass is 10.0. The Morgan fingerprint density at radius 3 is 2.12 bits per heavy atom. The summed E-state index contributed by atoms with van der Waals surface area (Å²) in [7, 11) is -4.71. The number of hydrogen-bond donors (Lipinski definition) is 1. The quantitative estimate of drug-likeness (QED) is 0.519. The molecule has 33 heavy (non-hydrogen) atoms. The fourth-order valence-electron chi connectivity index (χ4n) is 4.11. The first-order valence-electron chi connectivity index (χ1n) is 10.4. The molecule has 176 valence electrons. The molecule has 1 aromatic heterocycles. The highest BCUT2D eigenvalue weighted by Crippen LogP contribution is 2.43. The van der Waals surface area contributed by atoms with Crippen LogP contribution in [0.5, 0.6) is 0 Å². The minimum absolute atomic E-state index is 0.214. The lowest BCUT2D eigenvalue weighted by Crippen LogP contribution is -2.46. The van der Waals surface area contributed by atoms with E-state index in [1.807, 2.05) is 54.3 Å². The summed E-state index contributed by atoms with van der Waals surface area (Å²) < 4.78 is 64.1. The van der Waals surface area contributed by atoms with Crippen LogP contribution in [0.25, 0.3) is 11.1 Å². The van der Waals surface area contributed by atoms with Gasteiger partial charge in [-0.2, -0.15) is 13.2 Å². The first-order valence-corrected chi connectivity index (χ1v) is 12.4. The van der Waals surface area contributed by atoms with Gasteiger partial charge in [-0.15, -0.1) is 0 Å². The third-order valence-corrected chi connectivity index (χ3v) is 7.81. The summed E-state index contributed by atoms with van der Waals surface area (Å²) in [5.41, 5.74) is 2.99. The first-order chi connectivity index (χ1) is 15.6. The summed E-state index contributed by atoms with van der Waals surface area (Å²) in [6.07, 6.45) is -4.88. The number of halogens is 4. The summed E-state index contributed by atoms with van der Waals surface area (Å²) in [5.74, 6) is -1.56. The SMILES string of the molecule is Cc1ccccc1-c1c(N2CCN(c3ccccc3)CC2)[nH]c(S(=O)(=O)CC(F)(F)F)c1Cl. The van der Waals surface area contributed by atoms with Crippen molar-refractivity contribution in [1.82, 2.24) is 4.98 Å². The fourth-order valence-corrected chi connectivity index (χ4v) is 5.90. The van der Waals surface area contributed by atoms with Crippen molar-refractivity contribution in [3.63, 3.8) is 0 Å². The average Bonchev–Trinajstić information content (AvgIpc) is 3.11. The predicted molar refractivity (Wildman–Crippen MR) is 125 cm³/mol. The third-order valence-electron chi connectivity index (χ3n) is 5.68. The van der Waals surface area contributed by atoms with E-state index in [0.717, 1.165) is 11.3 Å². The van der Waals surface area contributed by atoms with Gasteiger partial charge < -0.3 is 14.8 Å². The van der Waals surface area contributed by atoms with Crippen LogP contribution in [-0.2, 0) is 9.84 Å². The molecule has 1 aliphatic rings. The molecule has 1 saturated heterocycles. The number of nitrogens with one attached hydrogen (secondary N) is 1. The highest BCUT2D eigenvalue weighted by atomic mass is 35.5. The van der Waals surface area contributed by atoms with Gasteiger partial charge in [-0.3, -0.25) is 0 Å². The molecule has 0 radical (unpaired) electrons. The van der Waals surface area contributed by atoms with E-state index in [9.17, 15) is 21.6 Å². The second-order valence-corrected chi connectivity index (χ2v) is 10.3. The number of nitrogens with zero attached hydrogens (tertiary/aromatic N) is 2. The van der Waals surface area contributed by atoms with Crippen LogP contribution in [-0.4, -0.2) is 51.5 Å². The van der Waals surface area contributed by atoms with Crippen LogP contribution < -0.4 is 9.80 Å². The van der Waals surface area contributed by atoms with Gasteiger partial charge >= 0.3 is 6.18 Å². The Hall–Kier alpha value is -2.65. The molecule has 1 fully saturated rings. The maximum Gasteiger partial charge on any atom is 0.403 e. The Morgan fingerprint density at radius 2 is 1.52 bits per heavy atom. The average molecular weight is 498 g/mol. The standard InChI is InChI=1S/C23H23ClF3N3O2S/c1-16-7-5-6-10-18(16)19-20(24)22(33(31,32)15-23(25,26)27)28-21(19)30-13-11-29(12-14-30)17-8-3-2-4-9-17/h2-10,28H,11-15H2,1H3. The number of aromatic amines is 1. The number of hydrogen-bond acceptors (Lipinski definition) is 4. The fraction of sp³-hybridized carbons (Fsp3) is 0.304. The molecule has 0 amide bonds. The van der Waals surface area contributed by atoms with Crippen molar-refractivity contribution in [3.05, 3.63) is 65.2 Å². The number of H-pyrrole nitrogens is 1. The zero-order valence-electron chi connectivity index (χ0n) is 17.9. The normalized spacial score (nSPS) is 15.2. The van der Waals surface area contributed by atoms with Gasteiger partial charge in [0.2, 0.25) is 9.84 Å². The molecule has 0 spiro atoms. The van der Waals surface area contributed by atoms with Crippen LogP contribution in [0, 0.1) is 6.92 Å². The second kappa shape index (κ2) is 8.95. The minimum Gasteiger partial charge on any atom is -0.368 e. The Balaban J connectivity index is 1.74. The monoisotopic (exact) mass is 497 g/mol. The van der Waals surface area contributed by atoms with E-state index in [4.69, 9.17) is 11.6 Å². The van der Waals surface area contributed by atoms with Crippen molar-refractivity contribution in [1.29, 1.82) is 0 Å². The van der Waals surface area contributed by atoms with Crippen molar-refractivity contribution >= 4 is 32.9 Å². The zero-order valence-corrected chi connectivity index (χ0v) is 19.4. The van der Waals surface area contributed by atoms with Gasteiger partial charge in [0.15, 0.2) is 10.8 Å². The number of sulfone groups is 1. The number of benzene rings is 2. The maximum absolute atomic E-state index is 13.0. The molecule has 5 nitrogen and oxygen atoms in total. The van der Waals surface area contributed by atoms with Crippen molar-refractivity contribution in [2.75, 3.05) is 41.7 Å². The molecule has 2 heterocycles. The van der Waals surface area contributed by atoms with E-state index in [1.165, 1.54) is 0 Å². The number of aryl methyl sites for hydroxylation is 1. The summed E-state index contributed by atoms with van der Waals surface area (Å²) >= 11 is 6.48. The van der Waals surface area contributed by atoms with Crippen LogP contribution in [0.4, 0.5) is 24.7 Å². The lowest BCUT2D eigenvalue weighted by Gasteiger charge is -2.37. The van der Waals surface area contributed by atoms with Gasteiger partial charge in [0.1, 0.15) is 5.82 Å². The van der Waals surface area contributed by atoms with Gasteiger partial charge in [-0.05, 0) is 30.2 Å². The van der Waals surface area contributed by atoms with Gasteiger partial charge in [0.05, 0.1) is 5.02 Å². The Morgan fingerprint density at radius 1 is 0.939 bits per heavy atom. The van der Waals surface area contributed by atoms with Gasteiger partial charge in [0, 0.05) is 37.4 Å². The largest absolute Gasteiger partial charge is 0.403 e. The van der Waals surface area contributed by atoms with E-state index >= 15 is 0 Å². The molecule has 3 aromatic rings. The molecule has 0 atom stereocenters. The van der Waals surface area contributed by atoms with Crippen LogP contribution in [0.1, 0.15) is 5.56 Å². The summed E-state index contributed by atoms with van der Waals surface area (Å²) in [6, 6.07) is 17.1. The van der Waals surface area contributed by atoms with E-state index in [-0.39, 0.29) is 5.02 Å². The van der Waals surface area contributed by atoms with Crippen molar-refractivity contribution in [2.45, 2.75) is 18.1 Å². The number of aromatic nitrogens is 1. The topological polar surface area (TPSA) is 56.4 Å². The smallest absolute Gasteiger partial charge is 0.368 e. The van der Waals surface area contributed by atoms with E-state index in [1.54, 1.807) is 12.1 Å². The lowest BCUT2D eigenvalue weighted by molar-refractivity contribution is -0.106. The minimum atomic E-state index is -4.88. The molecular formula is C23H23ClF3N3O2S. The summed E-state index contributed by atoms with van der Waals surface area (Å²) in [4.78, 5) is 6.90. The number of alkyl halides is 3. The van der Waals surface area contributed by atoms with Crippen molar-refractivity contribution < 1.29 is 21.6 Å². The van der Waals surface area contributed by atoms with E-state index < -0.39 is 26.8 Å². The molecule has 0 bridgehead atoms. The molecule has 10 heteroatoms. The molecule has 0 aliphatic carbocycles. The molecular weight excluding hydrogens is 475 g/mol. The van der Waals surface area contributed by atoms with E-state index in [2.05, 4.69) is 9.88 Å². The van der Waals surface area contributed by atoms with Gasteiger partial charge in [-0.25, -0.2) is 8.42 Å². The van der Waals surface area contributed by atoms with Crippen LogP contribution in [0.3, 0.4) is 0 Å². The molecule has 1 aliphatic heterocycles.